The molecule has 0 fully saturated rings. The molecule has 0 saturated heterocycles. The number of carboxylic acids is 1. The molecule has 0 bridgehead atoms. The van der Waals surface area contributed by atoms with Crippen LogP contribution in [0, 0.1) is 0 Å². The smallest absolute Gasteiger partial charge is 0.322 e. The van der Waals surface area contributed by atoms with Crippen LogP contribution >= 0.6 is 0 Å². The van der Waals surface area contributed by atoms with Gasteiger partial charge in [0.2, 0.25) is 5.91 Å². The highest BCUT2D eigenvalue weighted by Gasteiger charge is 2.11. The predicted molar refractivity (Wildman–Crippen MR) is 157 cm³/mol. The average molecular weight is 532 g/mol. The topological polar surface area (TPSA) is 92.7 Å². The van der Waals surface area contributed by atoms with Crippen molar-refractivity contribution in [3.63, 3.8) is 0 Å². The monoisotopic (exact) mass is 531 g/mol. The van der Waals surface area contributed by atoms with Crippen LogP contribution in [-0.4, -0.2) is 35.6 Å². The number of nitrogens with one attached hydrogen (secondary N) is 1. The Morgan fingerprint density at radius 2 is 1.37 bits per heavy atom. The van der Waals surface area contributed by atoms with Crippen molar-refractivity contribution >= 4 is 17.8 Å². The van der Waals surface area contributed by atoms with Gasteiger partial charge in [-0.2, -0.15) is 0 Å². The summed E-state index contributed by atoms with van der Waals surface area (Å²) in [5.41, 5.74) is 0. The summed E-state index contributed by atoms with van der Waals surface area (Å²) >= 11 is 0. The summed E-state index contributed by atoms with van der Waals surface area (Å²) in [6.45, 7) is 3.97. The lowest BCUT2D eigenvalue weighted by atomic mass is 10.1. The zero-order valence-electron chi connectivity index (χ0n) is 24.0. The lowest BCUT2D eigenvalue weighted by Crippen LogP contribution is -2.28. The third-order valence-corrected chi connectivity index (χ3v) is 5.97. The van der Waals surface area contributed by atoms with Crippen LogP contribution in [-0.2, 0) is 19.1 Å². The third-order valence-electron chi connectivity index (χ3n) is 5.97. The molecule has 1 amide bonds. The zero-order valence-corrected chi connectivity index (χ0v) is 24.0. The second-order valence-corrected chi connectivity index (χ2v) is 9.62. The Bertz CT molecular complexity index is 723. The lowest BCUT2D eigenvalue weighted by molar-refractivity contribution is -0.147. The van der Waals surface area contributed by atoms with E-state index in [4.69, 9.17) is 9.84 Å². The summed E-state index contributed by atoms with van der Waals surface area (Å²) in [5, 5.41) is 11.0. The van der Waals surface area contributed by atoms with E-state index < -0.39 is 5.97 Å². The first-order valence-corrected chi connectivity index (χ1v) is 14.8. The second kappa shape index (κ2) is 27.4. The molecule has 6 nitrogen and oxygen atoms in total. The number of carboxylic acid groups (broad SMARTS) is 1. The minimum Gasteiger partial charge on any atom is -0.480 e. The molecule has 0 aliphatic rings. The molecule has 216 valence electrons. The van der Waals surface area contributed by atoms with E-state index in [1.165, 1.54) is 0 Å². The van der Waals surface area contributed by atoms with E-state index in [2.05, 4.69) is 61.7 Å². The van der Waals surface area contributed by atoms with Crippen LogP contribution in [0.2, 0.25) is 0 Å². The largest absolute Gasteiger partial charge is 0.480 e. The van der Waals surface area contributed by atoms with E-state index in [1.54, 1.807) is 0 Å². The molecule has 0 aromatic rings. The van der Waals surface area contributed by atoms with Gasteiger partial charge >= 0.3 is 11.9 Å². The molecule has 2 N–H and O–H groups in total. The number of hydrogen-bond acceptors (Lipinski definition) is 4. The van der Waals surface area contributed by atoms with Gasteiger partial charge in [0.05, 0.1) is 0 Å². The second-order valence-electron chi connectivity index (χ2n) is 9.62. The first kappa shape index (κ1) is 35.4. The number of aliphatic carboxylic acids is 1. The number of unbranched alkanes of at least 4 members (excludes halogenated alkanes) is 8. The van der Waals surface area contributed by atoms with Crippen molar-refractivity contribution in [1.82, 2.24) is 5.32 Å². The minimum atomic E-state index is -1.03. The molecule has 0 spiro atoms. The Kier molecular flexibility index (Phi) is 25.5. The van der Waals surface area contributed by atoms with E-state index in [0.717, 1.165) is 96.3 Å². The summed E-state index contributed by atoms with van der Waals surface area (Å²) in [6.07, 6.45) is 32.6. The molecule has 0 aromatic carbocycles. The van der Waals surface area contributed by atoms with Crippen LogP contribution in [0.1, 0.15) is 123 Å². The number of carbonyl (C=O) groups is 3. The molecular formula is C32H53NO5. The highest BCUT2D eigenvalue weighted by atomic mass is 16.5. The minimum absolute atomic E-state index is 0.122. The first-order chi connectivity index (χ1) is 18.5. The van der Waals surface area contributed by atoms with Crippen LogP contribution in [0.25, 0.3) is 0 Å². The quantitative estimate of drug-likeness (QED) is 0.0707. The summed E-state index contributed by atoms with van der Waals surface area (Å²) in [7, 11) is 0. The molecule has 6 heteroatoms. The standard InChI is InChI=1S/C32H53NO5/c1-3-5-7-9-10-11-12-13-14-15-16-17-23-27-32(37)38-29(24-20-8-6-4-2)25-21-18-19-22-26-30(34)33-28-31(35)36/h5,7,10-11,13-14,20,24,29H,3-4,6,8-9,12,15-19,21-23,25-28H2,1-2H3,(H,33,34)(H,35,36)/b7-5-,11-10-,14-13-,24-20-. The normalized spacial score (nSPS) is 12.7. The Balaban J connectivity index is 4.09. The first-order valence-electron chi connectivity index (χ1n) is 14.8. The maximum atomic E-state index is 12.4. The van der Waals surface area contributed by atoms with Gasteiger partial charge in [-0.05, 0) is 70.3 Å². The average Bonchev–Trinajstić information content (AvgIpc) is 2.89. The molecule has 1 atom stereocenters. The zero-order chi connectivity index (χ0) is 28.1. The van der Waals surface area contributed by atoms with Crippen molar-refractivity contribution < 1.29 is 24.2 Å². The van der Waals surface area contributed by atoms with E-state index >= 15 is 0 Å². The molecule has 38 heavy (non-hydrogen) atoms. The Morgan fingerprint density at radius 3 is 2.08 bits per heavy atom. The molecular weight excluding hydrogens is 478 g/mol. The van der Waals surface area contributed by atoms with E-state index in [-0.39, 0.29) is 24.5 Å². The summed E-state index contributed by atoms with van der Waals surface area (Å²) in [4.78, 5) is 34.4. The van der Waals surface area contributed by atoms with Gasteiger partial charge in [0.25, 0.3) is 0 Å². The summed E-state index contributed by atoms with van der Waals surface area (Å²) < 4.78 is 5.77. The lowest BCUT2D eigenvalue weighted by Gasteiger charge is -2.15. The number of esters is 1. The maximum Gasteiger partial charge on any atom is 0.322 e. The van der Waals surface area contributed by atoms with Gasteiger partial charge in [0.1, 0.15) is 12.6 Å². The molecule has 0 radical (unpaired) electrons. The maximum absolute atomic E-state index is 12.4. The van der Waals surface area contributed by atoms with Gasteiger partial charge in [0.15, 0.2) is 0 Å². The van der Waals surface area contributed by atoms with Crippen LogP contribution in [0.4, 0.5) is 0 Å². The highest BCUT2D eigenvalue weighted by molar-refractivity contribution is 5.80. The third kappa shape index (κ3) is 26.4. The number of amides is 1. The Labute approximate surface area is 231 Å². The van der Waals surface area contributed by atoms with Gasteiger partial charge in [-0.3, -0.25) is 14.4 Å². The molecule has 0 rings (SSSR count). The van der Waals surface area contributed by atoms with Crippen LogP contribution in [0.5, 0.6) is 0 Å². The fourth-order valence-electron chi connectivity index (χ4n) is 3.77. The Morgan fingerprint density at radius 1 is 0.737 bits per heavy atom. The Hall–Kier alpha value is -2.63. The molecule has 0 heterocycles. The van der Waals surface area contributed by atoms with Gasteiger partial charge < -0.3 is 15.2 Å². The highest BCUT2D eigenvalue weighted by Crippen LogP contribution is 2.14. The molecule has 0 saturated carbocycles. The molecule has 1 unspecified atom stereocenters. The number of rotatable bonds is 25. The van der Waals surface area contributed by atoms with E-state index in [1.807, 2.05) is 6.08 Å². The van der Waals surface area contributed by atoms with Gasteiger partial charge in [-0.25, -0.2) is 0 Å². The summed E-state index contributed by atoms with van der Waals surface area (Å²) in [6, 6.07) is 0. The van der Waals surface area contributed by atoms with Crippen molar-refractivity contribution in [2.24, 2.45) is 0 Å². The molecule has 0 aliphatic heterocycles. The predicted octanol–water partition coefficient (Wildman–Crippen LogP) is 8.00. The summed E-state index contributed by atoms with van der Waals surface area (Å²) in [5.74, 6) is -1.38. The number of hydrogen-bond donors (Lipinski definition) is 2. The molecule has 0 aliphatic carbocycles. The fourth-order valence-corrected chi connectivity index (χ4v) is 3.77. The number of carbonyl (C=O) groups excluding carboxylic acids is 2. The SMILES string of the molecule is CC/C=C\C/C=C\C/C=C\CCCCCC(=O)OC(/C=C\CCCC)CCCCCCC(=O)NCC(=O)O. The number of allylic oxidation sites excluding steroid dienone is 7. The van der Waals surface area contributed by atoms with Crippen molar-refractivity contribution in [1.29, 1.82) is 0 Å². The van der Waals surface area contributed by atoms with Gasteiger partial charge in [-0.15, -0.1) is 0 Å². The van der Waals surface area contributed by atoms with E-state index in [0.29, 0.717) is 12.8 Å². The van der Waals surface area contributed by atoms with Crippen molar-refractivity contribution in [3.8, 4) is 0 Å². The van der Waals surface area contributed by atoms with Crippen LogP contribution in [0.15, 0.2) is 48.6 Å². The fraction of sp³-hybridized carbons (Fsp3) is 0.656. The van der Waals surface area contributed by atoms with Crippen molar-refractivity contribution in [2.75, 3.05) is 6.54 Å². The molecule has 0 aromatic heterocycles. The van der Waals surface area contributed by atoms with Gasteiger partial charge in [-0.1, -0.05) is 88.5 Å². The van der Waals surface area contributed by atoms with Crippen molar-refractivity contribution in [2.45, 2.75) is 129 Å². The number of ether oxygens (including phenoxy) is 1. The van der Waals surface area contributed by atoms with E-state index in [9.17, 15) is 14.4 Å². The van der Waals surface area contributed by atoms with Crippen LogP contribution in [0.3, 0.4) is 0 Å². The van der Waals surface area contributed by atoms with Gasteiger partial charge in [0, 0.05) is 12.8 Å². The van der Waals surface area contributed by atoms with Crippen molar-refractivity contribution in [3.05, 3.63) is 48.6 Å². The van der Waals surface area contributed by atoms with Crippen LogP contribution < -0.4 is 5.32 Å².